The van der Waals surface area contributed by atoms with Crippen molar-refractivity contribution in [3.63, 3.8) is 0 Å². The van der Waals surface area contributed by atoms with Gasteiger partial charge in [0.15, 0.2) is 6.29 Å². The predicted octanol–water partition coefficient (Wildman–Crippen LogP) is 3.06. The molecule has 0 aliphatic carbocycles. The number of carbonyl (C=O) groups is 2. The molecule has 0 unspecified atom stereocenters. The first-order valence-corrected chi connectivity index (χ1v) is 8.68. The van der Waals surface area contributed by atoms with E-state index in [-0.39, 0.29) is 11.9 Å². The van der Waals surface area contributed by atoms with Crippen LogP contribution in [0.15, 0.2) is 18.2 Å². The summed E-state index contributed by atoms with van der Waals surface area (Å²) >= 11 is 0. The molecule has 0 bridgehead atoms. The predicted molar refractivity (Wildman–Crippen MR) is 95.1 cm³/mol. The van der Waals surface area contributed by atoms with Crippen LogP contribution < -0.4 is 0 Å². The number of aromatic carboxylic acids is 1. The molecule has 7 heteroatoms. The van der Waals surface area contributed by atoms with E-state index in [2.05, 4.69) is 0 Å². The van der Waals surface area contributed by atoms with Crippen LogP contribution in [0.4, 0.5) is 4.79 Å². The number of hydrogen-bond donors (Lipinski definition) is 1. The lowest BCUT2D eigenvalue weighted by atomic mass is 9.99. The molecule has 1 aliphatic heterocycles. The summed E-state index contributed by atoms with van der Waals surface area (Å²) in [6.45, 7) is 6.90. The average molecular weight is 365 g/mol. The lowest BCUT2D eigenvalue weighted by Gasteiger charge is -2.25. The summed E-state index contributed by atoms with van der Waals surface area (Å²) in [6.07, 6.45) is 0.404. The second-order valence-corrected chi connectivity index (χ2v) is 7.34. The number of carbonyl (C=O) groups excluding carboxylic acids is 1. The van der Waals surface area contributed by atoms with E-state index in [1.54, 1.807) is 19.2 Å². The molecule has 1 N–H and O–H groups in total. The van der Waals surface area contributed by atoms with Crippen LogP contribution >= 0.6 is 0 Å². The zero-order valence-electron chi connectivity index (χ0n) is 15.8. The minimum absolute atomic E-state index is 0.256. The van der Waals surface area contributed by atoms with E-state index in [0.29, 0.717) is 38.2 Å². The lowest BCUT2D eigenvalue weighted by Crippen LogP contribution is -2.33. The zero-order valence-corrected chi connectivity index (χ0v) is 15.8. The number of carboxylic acid groups (broad SMARTS) is 1. The summed E-state index contributed by atoms with van der Waals surface area (Å²) in [5.41, 5.74) is 1.23. The molecular formula is C19H27NO6. The van der Waals surface area contributed by atoms with Crippen molar-refractivity contribution in [3.8, 4) is 0 Å². The van der Waals surface area contributed by atoms with Gasteiger partial charge < -0.3 is 24.2 Å². The van der Waals surface area contributed by atoms with Crippen molar-refractivity contribution < 1.29 is 28.9 Å². The molecule has 0 spiro atoms. The van der Waals surface area contributed by atoms with Crippen molar-refractivity contribution in [2.75, 3.05) is 20.3 Å². The first-order chi connectivity index (χ1) is 12.2. The number of ether oxygens (including phenoxy) is 3. The van der Waals surface area contributed by atoms with Crippen LogP contribution in [0.2, 0.25) is 0 Å². The van der Waals surface area contributed by atoms with Crippen molar-refractivity contribution in [1.29, 1.82) is 0 Å². The van der Waals surface area contributed by atoms with Crippen molar-refractivity contribution in [2.45, 2.75) is 52.0 Å². The summed E-state index contributed by atoms with van der Waals surface area (Å²) < 4.78 is 16.2. The third-order valence-electron chi connectivity index (χ3n) is 3.87. The van der Waals surface area contributed by atoms with Crippen LogP contribution in [0.3, 0.4) is 0 Å². The molecule has 1 fully saturated rings. The molecule has 0 aromatic heterocycles. The summed E-state index contributed by atoms with van der Waals surface area (Å²) in [4.78, 5) is 25.0. The van der Waals surface area contributed by atoms with E-state index < -0.39 is 17.7 Å². The maximum absolute atomic E-state index is 12.1. The molecule has 2 rings (SSSR count). The third kappa shape index (κ3) is 6.00. The topological polar surface area (TPSA) is 85.3 Å². The Morgan fingerprint density at radius 3 is 2.50 bits per heavy atom. The summed E-state index contributed by atoms with van der Waals surface area (Å²) in [7, 11) is 1.65. The summed E-state index contributed by atoms with van der Waals surface area (Å²) in [5, 5.41) is 9.40. The van der Waals surface area contributed by atoms with Gasteiger partial charge in [-0.05, 0) is 44.4 Å². The fraction of sp³-hybridized carbons (Fsp3) is 0.579. The fourth-order valence-corrected chi connectivity index (χ4v) is 2.69. The SMILES string of the molecule is CN(Cc1ccc(C(=O)O)c(CCC2OCCO2)c1)C(=O)OC(C)(C)C. The number of aryl methyl sites for hydroxylation is 1. The lowest BCUT2D eigenvalue weighted by molar-refractivity contribution is -0.0462. The van der Waals surface area contributed by atoms with Crippen LogP contribution in [-0.4, -0.2) is 54.2 Å². The Labute approximate surface area is 153 Å². The molecule has 1 saturated heterocycles. The van der Waals surface area contributed by atoms with Crippen LogP contribution in [0.1, 0.15) is 48.7 Å². The Morgan fingerprint density at radius 2 is 1.92 bits per heavy atom. The van der Waals surface area contributed by atoms with Crippen LogP contribution in [0.25, 0.3) is 0 Å². The quantitative estimate of drug-likeness (QED) is 0.834. The van der Waals surface area contributed by atoms with Crippen molar-refractivity contribution in [3.05, 3.63) is 34.9 Å². The highest BCUT2D eigenvalue weighted by Gasteiger charge is 2.21. The normalized spacial score (nSPS) is 15.1. The maximum Gasteiger partial charge on any atom is 0.410 e. The molecule has 0 saturated carbocycles. The molecular weight excluding hydrogens is 338 g/mol. The third-order valence-corrected chi connectivity index (χ3v) is 3.87. The van der Waals surface area contributed by atoms with Gasteiger partial charge in [-0.3, -0.25) is 0 Å². The molecule has 7 nitrogen and oxygen atoms in total. The minimum Gasteiger partial charge on any atom is -0.478 e. The van der Waals surface area contributed by atoms with E-state index in [0.717, 1.165) is 5.56 Å². The van der Waals surface area contributed by atoms with Gasteiger partial charge in [0.25, 0.3) is 0 Å². The summed E-state index contributed by atoms with van der Waals surface area (Å²) in [6, 6.07) is 5.11. The number of carboxylic acids is 1. The zero-order chi connectivity index (χ0) is 19.3. The summed E-state index contributed by atoms with van der Waals surface area (Å²) in [5.74, 6) is -0.972. The average Bonchev–Trinajstić information content (AvgIpc) is 3.04. The van der Waals surface area contributed by atoms with E-state index in [1.807, 2.05) is 26.8 Å². The minimum atomic E-state index is -0.972. The highest BCUT2D eigenvalue weighted by Crippen LogP contribution is 2.19. The molecule has 1 aromatic rings. The highest BCUT2D eigenvalue weighted by molar-refractivity contribution is 5.89. The number of hydrogen-bond acceptors (Lipinski definition) is 5. The fourth-order valence-electron chi connectivity index (χ4n) is 2.69. The second-order valence-electron chi connectivity index (χ2n) is 7.34. The first-order valence-electron chi connectivity index (χ1n) is 8.68. The highest BCUT2D eigenvalue weighted by atomic mass is 16.7. The van der Waals surface area contributed by atoms with Crippen LogP contribution in [-0.2, 0) is 27.2 Å². The van der Waals surface area contributed by atoms with Gasteiger partial charge in [-0.15, -0.1) is 0 Å². The Balaban J connectivity index is 2.07. The number of amides is 1. The first kappa shape index (κ1) is 20.2. The van der Waals surface area contributed by atoms with Gasteiger partial charge in [-0.1, -0.05) is 12.1 Å². The molecule has 0 radical (unpaired) electrons. The van der Waals surface area contributed by atoms with Gasteiger partial charge in [0, 0.05) is 20.0 Å². The van der Waals surface area contributed by atoms with E-state index >= 15 is 0 Å². The molecule has 1 aliphatic rings. The number of benzene rings is 1. The molecule has 26 heavy (non-hydrogen) atoms. The Kier molecular flexibility index (Phi) is 6.61. The van der Waals surface area contributed by atoms with E-state index in [1.165, 1.54) is 4.90 Å². The monoisotopic (exact) mass is 365 g/mol. The van der Waals surface area contributed by atoms with Crippen LogP contribution in [0, 0.1) is 0 Å². The van der Waals surface area contributed by atoms with Crippen molar-refractivity contribution in [2.24, 2.45) is 0 Å². The molecule has 1 heterocycles. The van der Waals surface area contributed by atoms with Gasteiger partial charge in [-0.2, -0.15) is 0 Å². The molecule has 1 amide bonds. The van der Waals surface area contributed by atoms with Crippen molar-refractivity contribution in [1.82, 2.24) is 4.90 Å². The number of nitrogens with zero attached hydrogens (tertiary/aromatic N) is 1. The Hall–Kier alpha value is -2.12. The smallest absolute Gasteiger partial charge is 0.410 e. The largest absolute Gasteiger partial charge is 0.478 e. The Bertz CT molecular complexity index is 646. The second kappa shape index (κ2) is 8.51. The van der Waals surface area contributed by atoms with E-state index in [4.69, 9.17) is 14.2 Å². The standard InChI is InChI=1S/C19H27NO6/c1-19(2,3)26-18(23)20(4)12-13-5-7-15(17(21)22)14(11-13)6-8-16-24-9-10-25-16/h5,7,11,16H,6,8-10,12H2,1-4H3,(H,21,22). The molecule has 0 atom stereocenters. The number of rotatable bonds is 6. The maximum atomic E-state index is 12.1. The molecule has 144 valence electrons. The van der Waals surface area contributed by atoms with Gasteiger partial charge in [-0.25, -0.2) is 9.59 Å². The van der Waals surface area contributed by atoms with Crippen LogP contribution in [0.5, 0.6) is 0 Å². The Morgan fingerprint density at radius 1 is 1.27 bits per heavy atom. The van der Waals surface area contributed by atoms with Gasteiger partial charge in [0.2, 0.25) is 0 Å². The van der Waals surface area contributed by atoms with Crippen molar-refractivity contribution >= 4 is 12.1 Å². The van der Waals surface area contributed by atoms with Gasteiger partial charge in [0.1, 0.15) is 5.60 Å². The van der Waals surface area contributed by atoms with E-state index in [9.17, 15) is 14.7 Å². The van der Waals surface area contributed by atoms with Gasteiger partial charge in [0.05, 0.1) is 18.8 Å². The molecule has 1 aromatic carbocycles. The van der Waals surface area contributed by atoms with Gasteiger partial charge >= 0.3 is 12.1 Å².